The molecule has 2 atom stereocenters. The molecule has 1 saturated heterocycles. The highest BCUT2D eigenvalue weighted by atomic mass is 19.4. The molecule has 0 unspecified atom stereocenters. The van der Waals surface area contributed by atoms with Gasteiger partial charge in [0, 0.05) is 25.0 Å². The van der Waals surface area contributed by atoms with Crippen molar-refractivity contribution >= 4 is 5.91 Å². The van der Waals surface area contributed by atoms with Crippen LogP contribution in [0.2, 0.25) is 0 Å². The van der Waals surface area contributed by atoms with Gasteiger partial charge in [0.05, 0.1) is 17.7 Å². The third-order valence-electron chi connectivity index (χ3n) is 7.07. The van der Waals surface area contributed by atoms with Gasteiger partial charge in [-0.25, -0.2) is 0 Å². The average molecular weight is 461 g/mol. The van der Waals surface area contributed by atoms with Crippen LogP contribution in [-0.4, -0.2) is 36.6 Å². The minimum absolute atomic E-state index is 0.00135. The standard InChI is InChI=1S/C26H31F3N2O2/c1-3-22(32)30-23-20-10-5-6-11-21(20)25(24(23)33-4-2)12-14-31(15-13-25)17-18-8-7-9-19(16-18)26(27,28)29/h5-11,16,23-24H,3-4,12-15,17H2,1-2H3,(H,30,32)/t23-,24+/m1/s1. The van der Waals surface area contributed by atoms with E-state index in [1.165, 1.54) is 17.7 Å². The summed E-state index contributed by atoms with van der Waals surface area (Å²) in [5.74, 6) is -0.00135. The lowest BCUT2D eigenvalue weighted by molar-refractivity contribution is -0.137. The van der Waals surface area contributed by atoms with Crippen LogP contribution in [0.15, 0.2) is 48.5 Å². The summed E-state index contributed by atoms with van der Waals surface area (Å²) in [6, 6.07) is 13.6. The van der Waals surface area contributed by atoms with Crippen LogP contribution in [0.25, 0.3) is 0 Å². The number of carbonyl (C=O) groups excluding carboxylic acids is 1. The van der Waals surface area contributed by atoms with Gasteiger partial charge in [0.1, 0.15) is 0 Å². The number of fused-ring (bicyclic) bond motifs is 2. The molecule has 178 valence electrons. The van der Waals surface area contributed by atoms with Crippen molar-refractivity contribution in [2.24, 2.45) is 0 Å². The van der Waals surface area contributed by atoms with E-state index in [0.29, 0.717) is 25.1 Å². The fraction of sp³-hybridized carbons (Fsp3) is 0.500. The summed E-state index contributed by atoms with van der Waals surface area (Å²) in [7, 11) is 0. The SMILES string of the molecule is CCO[C@H]1[C@H](NC(=O)CC)c2ccccc2C12CCN(Cc1cccc(C(F)(F)F)c1)CC2. The van der Waals surface area contributed by atoms with Gasteiger partial charge >= 0.3 is 6.18 Å². The predicted molar refractivity (Wildman–Crippen MR) is 121 cm³/mol. The molecule has 1 aliphatic carbocycles. The number of carbonyl (C=O) groups is 1. The Morgan fingerprint density at radius 3 is 2.52 bits per heavy atom. The van der Waals surface area contributed by atoms with E-state index in [9.17, 15) is 18.0 Å². The zero-order valence-corrected chi connectivity index (χ0v) is 19.1. The van der Waals surface area contributed by atoms with Crippen molar-refractivity contribution < 1.29 is 22.7 Å². The van der Waals surface area contributed by atoms with Gasteiger partial charge in [-0.15, -0.1) is 0 Å². The molecule has 1 amide bonds. The van der Waals surface area contributed by atoms with Gasteiger partial charge in [-0.05, 0) is 55.6 Å². The Balaban J connectivity index is 1.55. The first-order valence-corrected chi connectivity index (χ1v) is 11.7. The molecule has 2 aliphatic rings. The number of halogens is 3. The van der Waals surface area contributed by atoms with E-state index in [0.717, 1.165) is 37.6 Å². The molecule has 1 fully saturated rings. The van der Waals surface area contributed by atoms with E-state index in [1.807, 2.05) is 26.0 Å². The summed E-state index contributed by atoms with van der Waals surface area (Å²) in [5, 5.41) is 3.18. The summed E-state index contributed by atoms with van der Waals surface area (Å²) < 4.78 is 45.6. The number of nitrogens with zero attached hydrogens (tertiary/aromatic N) is 1. The number of ether oxygens (including phenoxy) is 1. The molecule has 0 aromatic heterocycles. The molecule has 1 N–H and O–H groups in total. The van der Waals surface area contributed by atoms with Crippen molar-refractivity contribution in [1.29, 1.82) is 0 Å². The second-order valence-corrected chi connectivity index (χ2v) is 8.99. The normalized spacial score (nSPS) is 22.3. The molecule has 4 nitrogen and oxygen atoms in total. The zero-order chi connectivity index (χ0) is 23.6. The molecule has 2 aromatic carbocycles. The lowest BCUT2D eigenvalue weighted by atomic mass is 9.71. The first kappa shape index (κ1) is 23.8. The van der Waals surface area contributed by atoms with Crippen molar-refractivity contribution in [2.75, 3.05) is 19.7 Å². The number of alkyl halides is 3. The van der Waals surface area contributed by atoms with Crippen LogP contribution in [0, 0.1) is 0 Å². The number of likely N-dealkylation sites (tertiary alicyclic amines) is 1. The van der Waals surface area contributed by atoms with Gasteiger partial charge in [-0.2, -0.15) is 13.2 Å². The second kappa shape index (κ2) is 9.47. The second-order valence-electron chi connectivity index (χ2n) is 8.99. The van der Waals surface area contributed by atoms with Crippen molar-refractivity contribution in [1.82, 2.24) is 10.2 Å². The maximum Gasteiger partial charge on any atom is 0.416 e. The van der Waals surface area contributed by atoms with Crippen molar-refractivity contribution in [3.63, 3.8) is 0 Å². The smallest absolute Gasteiger partial charge is 0.375 e. The maximum atomic E-state index is 13.1. The highest BCUT2D eigenvalue weighted by Gasteiger charge is 2.54. The van der Waals surface area contributed by atoms with E-state index in [1.54, 1.807) is 6.07 Å². The van der Waals surface area contributed by atoms with E-state index in [4.69, 9.17) is 4.74 Å². The molecule has 2 aromatic rings. The molecule has 1 heterocycles. The quantitative estimate of drug-likeness (QED) is 0.642. The van der Waals surface area contributed by atoms with Crippen molar-refractivity contribution in [3.8, 4) is 0 Å². The molecule has 0 bridgehead atoms. The Kier molecular flexibility index (Phi) is 6.82. The summed E-state index contributed by atoms with van der Waals surface area (Å²) in [6.45, 7) is 6.35. The summed E-state index contributed by atoms with van der Waals surface area (Å²) in [4.78, 5) is 14.5. The number of amides is 1. The Morgan fingerprint density at radius 2 is 1.85 bits per heavy atom. The highest BCUT2D eigenvalue weighted by molar-refractivity contribution is 5.76. The molecule has 4 rings (SSSR count). The Hall–Kier alpha value is -2.38. The van der Waals surface area contributed by atoms with Gasteiger partial charge in [0.25, 0.3) is 0 Å². The lowest BCUT2D eigenvalue weighted by Crippen LogP contribution is -2.50. The Labute approximate surface area is 193 Å². The largest absolute Gasteiger partial charge is 0.416 e. The topological polar surface area (TPSA) is 41.6 Å². The molecule has 1 spiro atoms. The number of rotatable bonds is 6. The predicted octanol–water partition coefficient (Wildman–Crippen LogP) is 5.23. The van der Waals surface area contributed by atoms with Crippen LogP contribution in [0.4, 0.5) is 13.2 Å². The van der Waals surface area contributed by atoms with Gasteiger partial charge in [0.15, 0.2) is 0 Å². The first-order chi connectivity index (χ1) is 15.8. The van der Waals surface area contributed by atoms with Crippen LogP contribution in [0.5, 0.6) is 0 Å². The van der Waals surface area contributed by atoms with E-state index in [2.05, 4.69) is 22.3 Å². The summed E-state index contributed by atoms with van der Waals surface area (Å²) in [5.41, 5.74) is 2.18. The number of piperidine rings is 1. The Bertz CT molecular complexity index is 983. The van der Waals surface area contributed by atoms with Crippen LogP contribution < -0.4 is 5.32 Å². The lowest BCUT2D eigenvalue weighted by Gasteiger charge is -2.44. The van der Waals surface area contributed by atoms with E-state index < -0.39 is 11.7 Å². The fourth-order valence-corrected chi connectivity index (χ4v) is 5.49. The molecule has 33 heavy (non-hydrogen) atoms. The third kappa shape index (κ3) is 4.66. The molecular weight excluding hydrogens is 429 g/mol. The van der Waals surface area contributed by atoms with E-state index >= 15 is 0 Å². The highest BCUT2D eigenvalue weighted by Crippen LogP contribution is 2.52. The summed E-state index contributed by atoms with van der Waals surface area (Å²) in [6.07, 6.45) is -2.43. The minimum Gasteiger partial charge on any atom is -0.375 e. The number of hydrogen-bond donors (Lipinski definition) is 1. The molecule has 1 aliphatic heterocycles. The van der Waals surface area contributed by atoms with E-state index in [-0.39, 0.29) is 23.5 Å². The maximum absolute atomic E-state index is 13.1. The van der Waals surface area contributed by atoms with Crippen molar-refractivity contribution in [3.05, 3.63) is 70.8 Å². The minimum atomic E-state index is -4.34. The van der Waals surface area contributed by atoms with Gasteiger partial charge in [-0.3, -0.25) is 9.69 Å². The van der Waals surface area contributed by atoms with Crippen LogP contribution in [0.3, 0.4) is 0 Å². The van der Waals surface area contributed by atoms with Gasteiger partial charge in [-0.1, -0.05) is 49.4 Å². The monoisotopic (exact) mass is 460 g/mol. The number of hydrogen-bond acceptors (Lipinski definition) is 3. The van der Waals surface area contributed by atoms with Gasteiger partial charge < -0.3 is 10.1 Å². The molecule has 0 saturated carbocycles. The molecule has 0 radical (unpaired) electrons. The fourth-order valence-electron chi connectivity index (χ4n) is 5.49. The molecular formula is C26H31F3N2O2. The van der Waals surface area contributed by atoms with Gasteiger partial charge in [0.2, 0.25) is 5.91 Å². The van der Waals surface area contributed by atoms with Crippen molar-refractivity contribution in [2.45, 2.75) is 63.4 Å². The zero-order valence-electron chi connectivity index (χ0n) is 19.1. The number of nitrogens with one attached hydrogen (secondary N) is 1. The first-order valence-electron chi connectivity index (χ1n) is 11.7. The molecule has 7 heteroatoms. The Morgan fingerprint density at radius 1 is 1.12 bits per heavy atom. The van der Waals surface area contributed by atoms with Crippen LogP contribution in [0.1, 0.15) is 61.4 Å². The van der Waals surface area contributed by atoms with Crippen LogP contribution >= 0.6 is 0 Å². The van der Waals surface area contributed by atoms with Crippen LogP contribution in [-0.2, 0) is 27.7 Å². The number of benzene rings is 2. The summed E-state index contributed by atoms with van der Waals surface area (Å²) >= 11 is 0. The third-order valence-corrected chi connectivity index (χ3v) is 7.07. The average Bonchev–Trinajstić information content (AvgIpc) is 3.04.